The second kappa shape index (κ2) is 25.7. The summed E-state index contributed by atoms with van der Waals surface area (Å²) in [6.07, 6.45) is 0. The van der Waals surface area contributed by atoms with E-state index in [1.807, 2.05) is 0 Å². The molecule has 0 saturated carbocycles. The van der Waals surface area contributed by atoms with Gasteiger partial charge in [-0.3, -0.25) is 0 Å². The Balaban J connectivity index is 0. The molecule has 0 aliphatic carbocycles. The minimum atomic E-state index is 1.34. The maximum absolute atomic E-state index is 4.25. The predicted octanol–water partition coefficient (Wildman–Crippen LogP) is 0.830. The topological polar surface area (TPSA) is 0 Å². The maximum atomic E-state index is 4.25. The van der Waals surface area contributed by atoms with Crippen molar-refractivity contribution in [3.05, 3.63) is 6.82 Å². The van der Waals surface area contributed by atoms with Crippen LogP contribution in [0.5, 0.6) is 0 Å². The van der Waals surface area contributed by atoms with Crippen molar-refractivity contribution < 1.29 is 14.8 Å². The van der Waals surface area contributed by atoms with Gasteiger partial charge in [-0.1, -0.05) is 0 Å². The van der Waals surface area contributed by atoms with E-state index >= 15 is 0 Å². The summed E-state index contributed by atoms with van der Waals surface area (Å²) in [6, 6.07) is 0. The third kappa shape index (κ3) is 9.94. The Bertz CT molecular complexity index is 8.00. The molecule has 18 valence electrons. The van der Waals surface area contributed by atoms with Gasteiger partial charge in [-0.05, 0) is 0 Å². The van der Waals surface area contributed by atoms with Crippen molar-refractivity contribution in [1.82, 2.24) is 0 Å². The van der Waals surface area contributed by atoms with Gasteiger partial charge in [-0.25, -0.2) is 0 Å². The molecule has 0 nitrogen and oxygen atoms in total. The Morgan fingerprint density at radius 1 is 1.50 bits per heavy atom. The van der Waals surface area contributed by atoms with Gasteiger partial charge in [0.15, 0.2) is 0 Å². The van der Waals surface area contributed by atoms with Crippen LogP contribution in [0.15, 0.2) is 0 Å². The van der Waals surface area contributed by atoms with E-state index in [2.05, 4.69) is 34.4 Å². The van der Waals surface area contributed by atoms with Crippen LogP contribution in [0, 0.1) is 6.82 Å². The van der Waals surface area contributed by atoms with Crippen LogP contribution in [0.2, 0.25) is 0 Å². The van der Waals surface area contributed by atoms with Gasteiger partial charge in [0, 0.05) is 0 Å². The number of halogens is 1. The summed E-state index contributed by atoms with van der Waals surface area (Å²) in [5, 5.41) is 0. The molecule has 4 heavy (non-hydrogen) atoms. The summed E-state index contributed by atoms with van der Waals surface area (Å²) in [4.78, 5) is 0. The SMILES string of the molecule is [B][CH2-].[Zn+][I]. The molecule has 0 aromatic heterocycles. The molecule has 0 aromatic carbocycles. The summed E-state index contributed by atoms with van der Waals surface area (Å²) < 4.78 is 0. The zero-order valence-corrected chi connectivity index (χ0v) is 7.49. The second-order valence-electron chi connectivity index (χ2n) is 0. The van der Waals surface area contributed by atoms with E-state index in [-0.39, 0.29) is 0 Å². The molecule has 0 heterocycles. The van der Waals surface area contributed by atoms with Crippen LogP contribution < -0.4 is 0 Å². The van der Waals surface area contributed by atoms with Gasteiger partial charge in [0.25, 0.3) is 0 Å². The zero-order chi connectivity index (χ0) is 4.00. The van der Waals surface area contributed by atoms with Crippen LogP contribution in [0.4, 0.5) is 0 Å². The van der Waals surface area contributed by atoms with Crippen molar-refractivity contribution in [3.63, 3.8) is 0 Å². The first kappa shape index (κ1) is 9.05. The summed E-state index contributed by atoms with van der Waals surface area (Å²) >= 11 is 3.62. The van der Waals surface area contributed by atoms with Gasteiger partial charge in [0.1, 0.15) is 0 Å². The zero-order valence-electron chi connectivity index (χ0n) is 2.37. The molecule has 0 bridgehead atoms. The van der Waals surface area contributed by atoms with E-state index in [4.69, 9.17) is 0 Å². The molecule has 0 atom stereocenters. The molecule has 0 spiro atoms. The fourth-order valence-electron chi connectivity index (χ4n) is 0. The van der Waals surface area contributed by atoms with E-state index < -0.39 is 0 Å². The van der Waals surface area contributed by atoms with Crippen LogP contribution in [-0.4, -0.2) is 7.85 Å². The van der Waals surface area contributed by atoms with Gasteiger partial charge in [-0.15, -0.1) is 0 Å². The molecule has 0 aromatic rings. The van der Waals surface area contributed by atoms with Crippen molar-refractivity contribution in [2.24, 2.45) is 0 Å². The Morgan fingerprint density at radius 2 is 1.50 bits per heavy atom. The molecule has 0 unspecified atom stereocenters. The van der Waals surface area contributed by atoms with E-state index in [9.17, 15) is 0 Å². The van der Waals surface area contributed by atoms with Gasteiger partial charge in [-0.2, -0.15) is 7.85 Å². The third-order valence-electron chi connectivity index (χ3n) is 0. The number of hydrogen-bond acceptors (Lipinski definition) is 0. The van der Waals surface area contributed by atoms with Gasteiger partial charge in [0.05, 0.1) is 0 Å². The monoisotopic (exact) mass is 216 g/mol. The molecule has 0 rings (SSSR count). The molecular weight excluding hydrogens is 215 g/mol. The molecule has 0 aliphatic heterocycles. The summed E-state index contributed by atoms with van der Waals surface area (Å²) in [6.45, 7) is 2.75. The fourth-order valence-corrected chi connectivity index (χ4v) is 0. The quantitative estimate of drug-likeness (QED) is 0.320. The molecule has 0 aliphatic rings. The standard InChI is InChI=1S/CH2B.HI.Zn/c1-2;;/h1H2;1H;/q-1;;+2/p-1. The van der Waals surface area contributed by atoms with Crippen molar-refractivity contribution in [2.75, 3.05) is 0 Å². The van der Waals surface area contributed by atoms with Crippen LogP contribution in [-0.2, 0) is 14.8 Å². The van der Waals surface area contributed by atoms with Crippen LogP contribution in [0.1, 0.15) is 0 Å². The van der Waals surface area contributed by atoms with Crippen LogP contribution >= 0.6 is 19.8 Å². The molecular formula is CH2BIZn. The Hall–Kier alpha value is 1.42. The molecule has 0 fully saturated rings. The van der Waals surface area contributed by atoms with Crippen LogP contribution in [0.25, 0.3) is 0 Å². The third-order valence-corrected chi connectivity index (χ3v) is 0. The summed E-state index contributed by atoms with van der Waals surface area (Å²) in [5.74, 6) is 0. The van der Waals surface area contributed by atoms with Crippen molar-refractivity contribution in [2.45, 2.75) is 0 Å². The first-order chi connectivity index (χ1) is 2.00. The fraction of sp³-hybridized carbons (Fsp3) is 0. The Morgan fingerprint density at radius 3 is 1.50 bits per heavy atom. The molecule has 3 heteroatoms. The Labute approximate surface area is 49.0 Å². The van der Waals surface area contributed by atoms with E-state index in [0.29, 0.717) is 0 Å². The first-order valence-corrected chi connectivity index (χ1v) is 9.72. The Kier molecular flexibility index (Phi) is 58.1. The number of hydrogen-bond donors (Lipinski definition) is 0. The molecule has 0 N–H and O–H groups in total. The van der Waals surface area contributed by atoms with Crippen molar-refractivity contribution in [1.29, 1.82) is 0 Å². The van der Waals surface area contributed by atoms with Gasteiger partial charge >= 0.3 is 34.5 Å². The van der Waals surface area contributed by atoms with Crippen molar-refractivity contribution in [3.8, 4) is 0 Å². The summed E-state index contributed by atoms with van der Waals surface area (Å²) in [7, 11) is 4.25. The van der Waals surface area contributed by atoms with E-state index in [0.717, 1.165) is 0 Å². The summed E-state index contributed by atoms with van der Waals surface area (Å²) in [5.41, 5.74) is 0. The predicted molar refractivity (Wildman–Crippen MR) is 25.1 cm³/mol. The average Bonchev–Trinajstić information content (AvgIpc) is 1.50. The van der Waals surface area contributed by atoms with E-state index in [1.165, 1.54) is 14.8 Å². The molecule has 0 amide bonds. The normalized spacial score (nSPS) is 3.00. The second-order valence-corrected chi connectivity index (χ2v) is 0. The van der Waals surface area contributed by atoms with E-state index in [1.54, 1.807) is 0 Å². The van der Waals surface area contributed by atoms with Crippen LogP contribution in [0.3, 0.4) is 0 Å². The average molecular weight is 217 g/mol. The first-order valence-electron chi connectivity index (χ1n) is 0.676. The molecule has 2 radical (unpaired) electrons. The number of rotatable bonds is 0. The van der Waals surface area contributed by atoms with Gasteiger partial charge < -0.3 is 6.82 Å². The van der Waals surface area contributed by atoms with Crippen molar-refractivity contribution >= 4 is 27.6 Å². The minimum absolute atomic E-state index is 1.34. The molecule has 0 saturated heterocycles. The van der Waals surface area contributed by atoms with Gasteiger partial charge in [0.2, 0.25) is 0 Å².